The molecule has 27 heavy (non-hydrogen) atoms. The summed E-state index contributed by atoms with van der Waals surface area (Å²) in [4.78, 5) is 25.6. The Bertz CT molecular complexity index is 915. The summed E-state index contributed by atoms with van der Waals surface area (Å²) >= 11 is 0. The number of piperazine rings is 1. The number of nitrogens with zero attached hydrogens (tertiary/aromatic N) is 5. The molecule has 7 heteroatoms. The number of rotatable bonds is 5. The molecule has 2 aromatic heterocycles. The van der Waals surface area contributed by atoms with Gasteiger partial charge in [-0.3, -0.25) is 14.2 Å². The Labute approximate surface area is 158 Å². The Balaban J connectivity index is 1.49. The van der Waals surface area contributed by atoms with Crippen molar-refractivity contribution in [2.75, 3.05) is 45.1 Å². The minimum atomic E-state index is 0.201. The predicted molar refractivity (Wildman–Crippen MR) is 106 cm³/mol. The lowest BCUT2D eigenvalue weighted by Crippen LogP contribution is -2.47. The van der Waals surface area contributed by atoms with Crippen molar-refractivity contribution in [3.8, 4) is 11.3 Å². The molecule has 0 bridgehead atoms. The monoisotopic (exact) mass is 364 g/mol. The van der Waals surface area contributed by atoms with Crippen molar-refractivity contribution in [2.45, 2.75) is 6.42 Å². The van der Waals surface area contributed by atoms with Crippen LogP contribution in [0.4, 0.5) is 5.82 Å². The van der Waals surface area contributed by atoms with E-state index in [1.54, 1.807) is 12.4 Å². The highest BCUT2D eigenvalue weighted by Crippen LogP contribution is 2.28. The van der Waals surface area contributed by atoms with Crippen molar-refractivity contribution in [3.05, 3.63) is 48.9 Å². The second kappa shape index (κ2) is 7.75. The van der Waals surface area contributed by atoms with E-state index >= 15 is 0 Å². The topological polar surface area (TPSA) is 65.8 Å². The third-order valence-corrected chi connectivity index (χ3v) is 4.96. The average molecular weight is 364 g/mol. The zero-order valence-corrected chi connectivity index (χ0v) is 15.5. The highest BCUT2D eigenvalue weighted by molar-refractivity contribution is 5.78. The number of hydrogen-bond acceptors (Lipinski definition) is 5. The number of hydrogen-bond donors (Lipinski definition) is 1. The lowest BCUT2D eigenvalue weighted by molar-refractivity contribution is -0.132. The van der Waals surface area contributed by atoms with E-state index in [1.165, 1.54) is 0 Å². The van der Waals surface area contributed by atoms with E-state index in [0.717, 1.165) is 48.9 Å². The predicted octanol–water partition coefficient (Wildman–Crippen LogP) is 1.97. The Kier molecular flexibility index (Phi) is 5.02. The van der Waals surface area contributed by atoms with Crippen LogP contribution in [-0.4, -0.2) is 69.8 Å². The molecule has 0 atom stereocenters. The van der Waals surface area contributed by atoms with Crippen molar-refractivity contribution in [1.82, 2.24) is 24.2 Å². The molecule has 1 aromatic carbocycles. The molecule has 0 radical (unpaired) electrons. The summed E-state index contributed by atoms with van der Waals surface area (Å²) in [6.45, 7) is 4.08. The number of imidazole rings is 1. The van der Waals surface area contributed by atoms with Crippen LogP contribution in [0.3, 0.4) is 0 Å². The Morgan fingerprint density at radius 2 is 1.93 bits per heavy atom. The van der Waals surface area contributed by atoms with Crippen LogP contribution >= 0.6 is 0 Å². The first-order valence-corrected chi connectivity index (χ1v) is 9.30. The first kappa shape index (κ1) is 17.5. The summed E-state index contributed by atoms with van der Waals surface area (Å²) in [7, 11) is 2.09. The molecule has 1 amide bonds. The first-order valence-electron chi connectivity index (χ1n) is 9.30. The number of amides is 1. The largest absolute Gasteiger partial charge is 0.369 e. The van der Waals surface area contributed by atoms with Gasteiger partial charge in [0.1, 0.15) is 11.5 Å². The molecule has 0 aliphatic carbocycles. The molecule has 0 spiro atoms. The number of benzene rings is 1. The van der Waals surface area contributed by atoms with Crippen LogP contribution in [0.15, 0.2) is 48.9 Å². The average Bonchev–Trinajstić information content (AvgIpc) is 3.08. The highest BCUT2D eigenvalue weighted by Gasteiger charge is 2.19. The Morgan fingerprint density at radius 1 is 1.15 bits per heavy atom. The number of likely N-dealkylation sites (N-methyl/N-ethyl adjacent to an activating group) is 1. The Morgan fingerprint density at radius 3 is 2.70 bits per heavy atom. The lowest BCUT2D eigenvalue weighted by atomic mass is 10.1. The standard InChI is InChI=1S/C20H24N6O/c1-24-11-13-25(14-12-24)18(27)7-8-22-20-19(16-5-3-2-4-6-16)23-17-15-21-9-10-26(17)20/h2-6,9-10,15,22H,7-8,11-14H2,1H3. The van der Waals surface area contributed by atoms with Crippen LogP contribution < -0.4 is 5.32 Å². The molecule has 0 saturated carbocycles. The number of fused-ring (bicyclic) bond motifs is 1. The molecular formula is C20H24N6O. The van der Waals surface area contributed by atoms with E-state index in [4.69, 9.17) is 4.98 Å². The second-order valence-electron chi connectivity index (χ2n) is 6.84. The third kappa shape index (κ3) is 3.78. The number of carbonyl (C=O) groups excluding carboxylic acids is 1. The zero-order valence-electron chi connectivity index (χ0n) is 15.5. The van der Waals surface area contributed by atoms with E-state index in [9.17, 15) is 4.79 Å². The van der Waals surface area contributed by atoms with Gasteiger partial charge in [0, 0.05) is 57.1 Å². The molecule has 3 aromatic rings. The van der Waals surface area contributed by atoms with Gasteiger partial charge in [-0.2, -0.15) is 0 Å². The van der Waals surface area contributed by atoms with Crippen molar-refractivity contribution in [2.24, 2.45) is 0 Å². The van der Waals surface area contributed by atoms with Crippen LogP contribution in [0.2, 0.25) is 0 Å². The van der Waals surface area contributed by atoms with Crippen LogP contribution in [0.5, 0.6) is 0 Å². The summed E-state index contributed by atoms with van der Waals surface area (Å²) < 4.78 is 1.98. The number of aromatic nitrogens is 3. The number of anilines is 1. The van der Waals surface area contributed by atoms with Crippen LogP contribution in [0.1, 0.15) is 6.42 Å². The SMILES string of the molecule is CN1CCN(C(=O)CCNc2c(-c3ccccc3)nc3cnccn23)CC1. The molecule has 1 aliphatic rings. The maximum Gasteiger partial charge on any atom is 0.224 e. The van der Waals surface area contributed by atoms with Crippen molar-refractivity contribution < 1.29 is 4.79 Å². The van der Waals surface area contributed by atoms with Crippen LogP contribution in [0, 0.1) is 0 Å². The molecule has 1 aliphatic heterocycles. The van der Waals surface area contributed by atoms with Gasteiger partial charge in [-0.1, -0.05) is 30.3 Å². The van der Waals surface area contributed by atoms with Gasteiger partial charge in [-0.25, -0.2) is 4.98 Å². The summed E-state index contributed by atoms with van der Waals surface area (Å²) in [5, 5.41) is 3.43. The summed E-state index contributed by atoms with van der Waals surface area (Å²) in [5.41, 5.74) is 2.69. The smallest absolute Gasteiger partial charge is 0.224 e. The third-order valence-electron chi connectivity index (χ3n) is 4.96. The summed E-state index contributed by atoms with van der Waals surface area (Å²) in [6, 6.07) is 10.1. The summed E-state index contributed by atoms with van der Waals surface area (Å²) in [5.74, 6) is 1.09. The normalized spacial score (nSPS) is 15.2. The molecule has 3 heterocycles. The minimum absolute atomic E-state index is 0.201. The van der Waals surface area contributed by atoms with Crippen molar-refractivity contribution in [1.29, 1.82) is 0 Å². The maximum absolute atomic E-state index is 12.5. The quantitative estimate of drug-likeness (QED) is 0.750. The lowest BCUT2D eigenvalue weighted by Gasteiger charge is -2.32. The van der Waals surface area contributed by atoms with E-state index in [0.29, 0.717) is 13.0 Å². The van der Waals surface area contributed by atoms with Gasteiger partial charge < -0.3 is 15.1 Å². The molecule has 7 nitrogen and oxygen atoms in total. The fourth-order valence-corrected chi connectivity index (χ4v) is 3.37. The van der Waals surface area contributed by atoms with Crippen LogP contribution in [0.25, 0.3) is 16.9 Å². The molecule has 4 rings (SSSR count). The Hall–Kier alpha value is -2.93. The van der Waals surface area contributed by atoms with Gasteiger partial charge in [-0.15, -0.1) is 0 Å². The van der Waals surface area contributed by atoms with Gasteiger partial charge >= 0.3 is 0 Å². The molecule has 1 fully saturated rings. The van der Waals surface area contributed by atoms with Gasteiger partial charge in [0.25, 0.3) is 0 Å². The number of carbonyl (C=O) groups is 1. The first-order chi connectivity index (χ1) is 13.2. The van der Waals surface area contributed by atoms with E-state index in [-0.39, 0.29) is 5.91 Å². The molecular weight excluding hydrogens is 340 g/mol. The van der Waals surface area contributed by atoms with E-state index in [2.05, 4.69) is 22.2 Å². The zero-order chi connectivity index (χ0) is 18.6. The maximum atomic E-state index is 12.5. The van der Waals surface area contributed by atoms with Gasteiger partial charge in [0.2, 0.25) is 5.91 Å². The molecule has 1 saturated heterocycles. The van der Waals surface area contributed by atoms with Crippen molar-refractivity contribution >= 4 is 17.4 Å². The van der Waals surface area contributed by atoms with Crippen LogP contribution in [-0.2, 0) is 4.79 Å². The molecule has 1 N–H and O–H groups in total. The minimum Gasteiger partial charge on any atom is -0.369 e. The second-order valence-corrected chi connectivity index (χ2v) is 6.84. The molecule has 140 valence electrons. The van der Waals surface area contributed by atoms with E-state index < -0.39 is 0 Å². The van der Waals surface area contributed by atoms with Crippen molar-refractivity contribution in [3.63, 3.8) is 0 Å². The van der Waals surface area contributed by atoms with Gasteiger partial charge in [0.15, 0.2) is 5.65 Å². The van der Waals surface area contributed by atoms with E-state index in [1.807, 2.05) is 45.8 Å². The summed E-state index contributed by atoms with van der Waals surface area (Å²) in [6.07, 6.45) is 5.84. The van der Waals surface area contributed by atoms with Gasteiger partial charge in [0.05, 0.1) is 6.20 Å². The number of nitrogens with one attached hydrogen (secondary N) is 1. The fourth-order valence-electron chi connectivity index (χ4n) is 3.37. The molecule has 0 unspecified atom stereocenters. The van der Waals surface area contributed by atoms with Gasteiger partial charge in [-0.05, 0) is 7.05 Å². The highest BCUT2D eigenvalue weighted by atomic mass is 16.2. The fraction of sp³-hybridized carbons (Fsp3) is 0.350.